The predicted octanol–water partition coefficient (Wildman–Crippen LogP) is 4.80. The highest BCUT2D eigenvalue weighted by atomic mass is 19.1. The molecule has 3 unspecified atom stereocenters. The van der Waals surface area contributed by atoms with E-state index in [-0.39, 0.29) is 28.5 Å². The second-order valence-corrected chi connectivity index (χ2v) is 11.0. The Labute approximate surface area is 183 Å². The molecule has 3 heterocycles. The van der Waals surface area contributed by atoms with E-state index in [1.807, 2.05) is 6.20 Å². The van der Waals surface area contributed by atoms with Gasteiger partial charge in [-0.25, -0.2) is 9.37 Å². The number of nitrogens with zero attached hydrogens (tertiary/aromatic N) is 3. The molecular weight excluding hydrogens is 393 g/mol. The first kappa shape index (κ1) is 20.5. The topological polar surface area (TPSA) is 47.4 Å². The largest absolute Gasteiger partial charge is 0.496 e. The molecule has 2 fully saturated rings. The van der Waals surface area contributed by atoms with Gasteiger partial charge >= 0.3 is 0 Å². The highest BCUT2D eigenvalue weighted by molar-refractivity contribution is 5.92. The number of amides is 1. The molecule has 5 nitrogen and oxygen atoms in total. The van der Waals surface area contributed by atoms with E-state index in [0.717, 1.165) is 50.0 Å². The molecule has 1 saturated carbocycles. The molecule has 3 atom stereocenters. The second kappa shape index (κ2) is 7.07. The van der Waals surface area contributed by atoms with E-state index >= 15 is 0 Å². The Kier molecular flexibility index (Phi) is 4.68. The van der Waals surface area contributed by atoms with Gasteiger partial charge in [0.15, 0.2) is 0 Å². The molecule has 2 aliphatic heterocycles. The smallest absolute Gasteiger partial charge is 0.274 e. The van der Waals surface area contributed by atoms with Gasteiger partial charge in [0, 0.05) is 43.2 Å². The number of benzene rings is 1. The molecule has 1 saturated heterocycles. The number of rotatable bonds is 3. The summed E-state index contributed by atoms with van der Waals surface area (Å²) in [6.07, 6.45) is 6.86. The molecule has 1 aromatic carbocycles. The highest BCUT2D eigenvalue weighted by Crippen LogP contribution is 2.52. The van der Waals surface area contributed by atoms with Crippen LogP contribution in [0, 0.1) is 16.6 Å². The summed E-state index contributed by atoms with van der Waals surface area (Å²) in [5, 5.41) is 0. The summed E-state index contributed by atoms with van der Waals surface area (Å²) in [5.41, 5.74) is 1.92. The minimum Gasteiger partial charge on any atom is -0.496 e. The van der Waals surface area contributed by atoms with Crippen molar-refractivity contribution < 1.29 is 13.9 Å². The lowest BCUT2D eigenvalue weighted by molar-refractivity contribution is 0.0702. The number of aromatic nitrogens is 2. The standard InChI is InChI=1S/C25H32FN3O2/c1-24(2)10-18-11-25(3,14-24)15-29(18)23(30)20-13-28-12-16(5-8-22(28)27-20)19-9-17(26)6-7-21(19)31-4/h6-7,9,13,16,18H,5,8,10-12,14-15H2,1-4H3. The third kappa shape index (κ3) is 3.64. The van der Waals surface area contributed by atoms with E-state index in [4.69, 9.17) is 9.72 Å². The maximum absolute atomic E-state index is 13.9. The summed E-state index contributed by atoms with van der Waals surface area (Å²) >= 11 is 0. The minimum atomic E-state index is -0.250. The molecule has 0 N–H and O–H groups in total. The Morgan fingerprint density at radius 2 is 2.06 bits per heavy atom. The van der Waals surface area contributed by atoms with Crippen LogP contribution >= 0.6 is 0 Å². The van der Waals surface area contributed by atoms with Crippen LogP contribution in [0.3, 0.4) is 0 Å². The summed E-state index contributed by atoms with van der Waals surface area (Å²) in [6, 6.07) is 5.00. The van der Waals surface area contributed by atoms with Gasteiger partial charge in [-0.3, -0.25) is 4.79 Å². The summed E-state index contributed by atoms with van der Waals surface area (Å²) < 4.78 is 21.4. The van der Waals surface area contributed by atoms with Gasteiger partial charge in [-0.2, -0.15) is 0 Å². The SMILES string of the molecule is COc1ccc(F)cc1C1CCc2nc(C(=O)N3CC4(C)CC3CC(C)(C)C4)cn2C1. The predicted molar refractivity (Wildman–Crippen MR) is 117 cm³/mol. The van der Waals surface area contributed by atoms with Gasteiger partial charge in [0.1, 0.15) is 23.1 Å². The lowest BCUT2D eigenvalue weighted by Gasteiger charge is -2.39. The van der Waals surface area contributed by atoms with Crippen molar-refractivity contribution in [2.45, 2.75) is 71.4 Å². The second-order valence-electron chi connectivity index (χ2n) is 11.0. The molecule has 5 rings (SSSR count). The van der Waals surface area contributed by atoms with Crippen molar-refractivity contribution in [2.24, 2.45) is 10.8 Å². The van der Waals surface area contributed by atoms with Crippen molar-refractivity contribution in [2.75, 3.05) is 13.7 Å². The van der Waals surface area contributed by atoms with Crippen LogP contribution in [0.2, 0.25) is 0 Å². The van der Waals surface area contributed by atoms with Gasteiger partial charge in [-0.15, -0.1) is 0 Å². The molecule has 2 bridgehead atoms. The summed E-state index contributed by atoms with van der Waals surface area (Å²) in [4.78, 5) is 20.2. The normalized spacial score (nSPS) is 29.0. The minimum absolute atomic E-state index is 0.0632. The van der Waals surface area contributed by atoms with Crippen LogP contribution in [0.5, 0.6) is 5.75 Å². The zero-order valence-corrected chi connectivity index (χ0v) is 18.9. The van der Waals surface area contributed by atoms with E-state index in [2.05, 4.69) is 30.2 Å². The number of aryl methyl sites for hydroxylation is 1. The average molecular weight is 426 g/mol. The maximum atomic E-state index is 13.9. The Balaban J connectivity index is 1.37. The Hall–Kier alpha value is -2.37. The van der Waals surface area contributed by atoms with E-state index in [1.165, 1.54) is 6.07 Å². The maximum Gasteiger partial charge on any atom is 0.274 e. The summed E-state index contributed by atoms with van der Waals surface area (Å²) in [5.74, 6) is 1.61. The van der Waals surface area contributed by atoms with Crippen molar-refractivity contribution in [3.63, 3.8) is 0 Å². The van der Waals surface area contributed by atoms with Crippen LogP contribution in [-0.2, 0) is 13.0 Å². The quantitative estimate of drug-likeness (QED) is 0.710. The number of methoxy groups -OCH3 is 1. The van der Waals surface area contributed by atoms with Crippen molar-refractivity contribution >= 4 is 5.91 Å². The lowest BCUT2D eigenvalue weighted by Crippen LogP contribution is -2.37. The fourth-order valence-corrected chi connectivity index (χ4v) is 6.67. The Morgan fingerprint density at radius 3 is 2.84 bits per heavy atom. The fourth-order valence-electron chi connectivity index (χ4n) is 6.67. The summed E-state index contributed by atoms with van der Waals surface area (Å²) in [6.45, 7) is 8.47. The molecule has 3 aliphatic rings. The van der Waals surface area contributed by atoms with Crippen molar-refractivity contribution in [1.29, 1.82) is 0 Å². The van der Waals surface area contributed by atoms with Gasteiger partial charge in [0.25, 0.3) is 5.91 Å². The van der Waals surface area contributed by atoms with Crippen molar-refractivity contribution in [3.8, 4) is 5.75 Å². The number of halogens is 1. The van der Waals surface area contributed by atoms with Crippen LogP contribution in [0.15, 0.2) is 24.4 Å². The molecule has 1 amide bonds. The van der Waals surface area contributed by atoms with E-state index < -0.39 is 0 Å². The molecule has 2 aromatic rings. The lowest BCUT2D eigenvalue weighted by atomic mass is 9.65. The molecule has 1 aromatic heterocycles. The third-order valence-electron chi connectivity index (χ3n) is 7.52. The number of ether oxygens (including phenoxy) is 1. The van der Waals surface area contributed by atoms with Gasteiger partial charge < -0.3 is 14.2 Å². The number of hydrogen-bond donors (Lipinski definition) is 0. The first-order valence-electron chi connectivity index (χ1n) is 11.4. The van der Waals surface area contributed by atoms with Gasteiger partial charge in [0.05, 0.1) is 7.11 Å². The Morgan fingerprint density at radius 1 is 1.26 bits per heavy atom. The van der Waals surface area contributed by atoms with Gasteiger partial charge in [-0.1, -0.05) is 20.8 Å². The van der Waals surface area contributed by atoms with E-state index in [0.29, 0.717) is 24.0 Å². The van der Waals surface area contributed by atoms with E-state index in [1.54, 1.807) is 19.2 Å². The number of fused-ring (bicyclic) bond motifs is 3. The molecule has 0 radical (unpaired) electrons. The molecule has 166 valence electrons. The summed E-state index contributed by atoms with van der Waals surface area (Å²) in [7, 11) is 1.62. The molecule has 31 heavy (non-hydrogen) atoms. The van der Waals surface area contributed by atoms with Crippen molar-refractivity contribution in [1.82, 2.24) is 14.5 Å². The van der Waals surface area contributed by atoms with Crippen LogP contribution in [-0.4, -0.2) is 40.1 Å². The first-order valence-corrected chi connectivity index (χ1v) is 11.4. The molecular formula is C25H32FN3O2. The average Bonchev–Trinajstić information content (AvgIpc) is 3.23. The van der Waals surface area contributed by atoms with Crippen LogP contribution in [0.25, 0.3) is 0 Å². The van der Waals surface area contributed by atoms with Gasteiger partial charge in [0.2, 0.25) is 0 Å². The zero-order chi connectivity index (χ0) is 22.0. The Bertz CT molecular complexity index is 1030. The van der Waals surface area contributed by atoms with Gasteiger partial charge in [-0.05, 0) is 54.7 Å². The van der Waals surface area contributed by atoms with E-state index in [9.17, 15) is 9.18 Å². The fraction of sp³-hybridized carbons (Fsp3) is 0.600. The molecule has 1 aliphatic carbocycles. The van der Waals surface area contributed by atoms with Crippen LogP contribution in [0.4, 0.5) is 4.39 Å². The van der Waals surface area contributed by atoms with Crippen LogP contribution in [0.1, 0.15) is 74.2 Å². The van der Waals surface area contributed by atoms with Crippen LogP contribution < -0.4 is 4.74 Å². The molecule has 6 heteroatoms. The monoisotopic (exact) mass is 425 g/mol. The molecule has 0 spiro atoms. The third-order valence-corrected chi connectivity index (χ3v) is 7.52. The highest BCUT2D eigenvalue weighted by Gasteiger charge is 2.51. The number of carbonyl (C=O) groups excluding carboxylic acids is 1. The number of likely N-dealkylation sites (tertiary alicyclic amines) is 1. The number of imidazole rings is 1. The van der Waals surface area contributed by atoms with Crippen molar-refractivity contribution in [3.05, 3.63) is 47.3 Å². The zero-order valence-electron chi connectivity index (χ0n) is 18.9. The number of carbonyl (C=O) groups is 1. The number of hydrogen-bond acceptors (Lipinski definition) is 3. The first-order chi connectivity index (χ1) is 14.7.